The van der Waals surface area contributed by atoms with Crippen LogP contribution in [0.5, 0.6) is 0 Å². The number of nitrogens with zero attached hydrogens (tertiary/aromatic N) is 1. The molecule has 0 aliphatic carbocycles. The maximum Gasteiger partial charge on any atom is 0.220 e. The van der Waals surface area contributed by atoms with Gasteiger partial charge in [0.25, 0.3) is 0 Å². The standard InChI is InChI=1S/C20H18NO/c1-13-4-5-17-15(10-13)6-8-21(3)20(17)18-12-19-16(7-9-22-19)11-14(18)2/h4-12H,1-3H3/q+1. The van der Waals surface area contributed by atoms with Gasteiger partial charge in [-0.25, -0.2) is 4.57 Å². The first kappa shape index (κ1) is 13.1. The summed E-state index contributed by atoms with van der Waals surface area (Å²) >= 11 is 0. The Balaban J connectivity index is 2.10. The molecule has 0 aliphatic heterocycles. The van der Waals surface area contributed by atoms with Gasteiger partial charge in [-0.05, 0) is 49.1 Å². The van der Waals surface area contributed by atoms with Gasteiger partial charge in [-0.15, -0.1) is 0 Å². The van der Waals surface area contributed by atoms with Gasteiger partial charge in [-0.3, -0.25) is 0 Å². The van der Waals surface area contributed by atoms with E-state index in [1.165, 1.54) is 33.2 Å². The third-order valence-electron chi connectivity index (χ3n) is 4.35. The lowest BCUT2D eigenvalue weighted by Gasteiger charge is -2.08. The van der Waals surface area contributed by atoms with E-state index in [0.717, 1.165) is 11.0 Å². The summed E-state index contributed by atoms with van der Waals surface area (Å²) in [6.45, 7) is 4.29. The van der Waals surface area contributed by atoms with Crippen molar-refractivity contribution in [3.63, 3.8) is 0 Å². The fourth-order valence-electron chi connectivity index (χ4n) is 3.21. The lowest BCUT2D eigenvalue weighted by Crippen LogP contribution is -2.30. The van der Waals surface area contributed by atoms with Crippen molar-refractivity contribution in [3.8, 4) is 11.3 Å². The molecule has 0 N–H and O–H groups in total. The van der Waals surface area contributed by atoms with Crippen LogP contribution in [0.2, 0.25) is 0 Å². The first-order chi connectivity index (χ1) is 10.6. The number of aryl methyl sites for hydroxylation is 3. The van der Waals surface area contributed by atoms with Gasteiger partial charge in [0.15, 0.2) is 6.20 Å². The largest absolute Gasteiger partial charge is 0.464 e. The second-order valence-electron chi connectivity index (χ2n) is 5.99. The number of fused-ring (bicyclic) bond motifs is 2. The van der Waals surface area contributed by atoms with Gasteiger partial charge in [0.05, 0.1) is 17.2 Å². The van der Waals surface area contributed by atoms with Gasteiger partial charge in [-0.2, -0.15) is 0 Å². The molecule has 0 saturated heterocycles. The highest BCUT2D eigenvalue weighted by Crippen LogP contribution is 2.31. The van der Waals surface area contributed by atoms with Gasteiger partial charge in [0.2, 0.25) is 5.69 Å². The highest BCUT2D eigenvalue weighted by atomic mass is 16.3. The highest BCUT2D eigenvalue weighted by molar-refractivity contribution is 5.96. The van der Waals surface area contributed by atoms with Crippen LogP contribution in [0.15, 0.2) is 59.3 Å². The van der Waals surface area contributed by atoms with Gasteiger partial charge in [0, 0.05) is 11.5 Å². The van der Waals surface area contributed by atoms with E-state index in [-0.39, 0.29) is 0 Å². The Hall–Kier alpha value is -2.61. The van der Waals surface area contributed by atoms with Crippen LogP contribution in [0, 0.1) is 13.8 Å². The van der Waals surface area contributed by atoms with Crippen molar-refractivity contribution in [2.45, 2.75) is 13.8 Å². The lowest BCUT2D eigenvalue weighted by molar-refractivity contribution is -0.659. The molecule has 0 aliphatic rings. The third-order valence-corrected chi connectivity index (χ3v) is 4.35. The second kappa shape index (κ2) is 4.70. The second-order valence-corrected chi connectivity index (χ2v) is 5.99. The lowest BCUT2D eigenvalue weighted by atomic mass is 9.97. The third kappa shape index (κ3) is 1.92. The number of pyridine rings is 1. The summed E-state index contributed by atoms with van der Waals surface area (Å²) in [5.74, 6) is 0. The molecule has 0 spiro atoms. The number of hydrogen-bond acceptors (Lipinski definition) is 1. The van der Waals surface area contributed by atoms with Crippen LogP contribution >= 0.6 is 0 Å². The van der Waals surface area contributed by atoms with E-state index in [1.54, 1.807) is 6.26 Å². The van der Waals surface area contributed by atoms with E-state index in [2.05, 4.69) is 68.1 Å². The van der Waals surface area contributed by atoms with Crippen LogP contribution in [-0.4, -0.2) is 0 Å². The van der Waals surface area contributed by atoms with Crippen molar-refractivity contribution in [2.75, 3.05) is 0 Å². The van der Waals surface area contributed by atoms with Gasteiger partial charge in [0.1, 0.15) is 12.6 Å². The van der Waals surface area contributed by atoms with E-state index < -0.39 is 0 Å². The Morgan fingerprint density at radius 2 is 1.77 bits per heavy atom. The van der Waals surface area contributed by atoms with E-state index >= 15 is 0 Å². The predicted octanol–water partition coefficient (Wildman–Crippen LogP) is 4.69. The zero-order valence-corrected chi connectivity index (χ0v) is 13.1. The fourth-order valence-corrected chi connectivity index (χ4v) is 3.21. The molecule has 2 aromatic heterocycles. The van der Waals surface area contributed by atoms with E-state index in [1.807, 2.05) is 6.07 Å². The van der Waals surface area contributed by atoms with Crippen LogP contribution in [0.25, 0.3) is 33.0 Å². The summed E-state index contributed by atoms with van der Waals surface area (Å²) in [6.07, 6.45) is 3.88. The van der Waals surface area contributed by atoms with E-state index in [4.69, 9.17) is 4.42 Å². The minimum absolute atomic E-state index is 0.935. The summed E-state index contributed by atoms with van der Waals surface area (Å²) in [7, 11) is 2.10. The minimum atomic E-state index is 0.935. The molecule has 0 unspecified atom stereocenters. The molecule has 2 aromatic carbocycles. The summed E-state index contributed by atoms with van der Waals surface area (Å²) < 4.78 is 7.79. The molecular weight excluding hydrogens is 270 g/mol. The first-order valence-corrected chi connectivity index (χ1v) is 7.51. The van der Waals surface area contributed by atoms with Crippen LogP contribution in [-0.2, 0) is 7.05 Å². The summed E-state index contributed by atoms with van der Waals surface area (Å²) in [5, 5.41) is 3.69. The highest BCUT2D eigenvalue weighted by Gasteiger charge is 2.18. The Morgan fingerprint density at radius 1 is 0.909 bits per heavy atom. The molecule has 0 radical (unpaired) electrons. The van der Waals surface area contributed by atoms with Crippen molar-refractivity contribution in [1.29, 1.82) is 0 Å². The molecule has 0 atom stereocenters. The smallest absolute Gasteiger partial charge is 0.220 e. The summed E-state index contributed by atoms with van der Waals surface area (Å²) in [5.41, 5.74) is 5.93. The Bertz CT molecular complexity index is 1010. The quantitative estimate of drug-likeness (QED) is 0.464. The predicted molar refractivity (Wildman–Crippen MR) is 89.8 cm³/mol. The average Bonchev–Trinajstić information content (AvgIpc) is 2.94. The normalized spacial score (nSPS) is 11.4. The Morgan fingerprint density at radius 3 is 2.64 bits per heavy atom. The molecule has 2 heteroatoms. The average molecular weight is 288 g/mol. The molecule has 0 saturated carbocycles. The summed E-state index contributed by atoms with van der Waals surface area (Å²) in [4.78, 5) is 0. The van der Waals surface area contributed by atoms with Crippen LogP contribution in [0.3, 0.4) is 0 Å². The maximum atomic E-state index is 5.60. The van der Waals surface area contributed by atoms with Crippen LogP contribution in [0.4, 0.5) is 0 Å². The molecule has 0 amide bonds. The number of aromatic nitrogens is 1. The van der Waals surface area contributed by atoms with Crippen LogP contribution < -0.4 is 4.57 Å². The topological polar surface area (TPSA) is 17.0 Å². The van der Waals surface area contributed by atoms with Crippen LogP contribution in [0.1, 0.15) is 11.1 Å². The minimum Gasteiger partial charge on any atom is -0.464 e. The zero-order chi connectivity index (χ0) is 15.3. The first-order valence-electron chi connectivity index (χ1n) is 7.51. The van der Waals surface area contributed by atoms with Crippen molar-refractivity contribution in [1.82, 2.24) is 0 Å². The summed E-state index contributed by atoms with van der Waals surface area (Å²) in [6, 6.07) is 15.2. The molecule has 0 fully saturated rings. The monoisotopic (exact) mass is 288 g/mol. The van der Waals surface area contributed by atoms with Crippen molar-refractivity contribution in [3.05, 3.63) is 66.1 Å². The number of rotatable bonds is 1. The zero-order valence-electron chi connectivity index (χ0n) is 13.1. The van der Waals surface area contributed by atoms with E-state index in [0.29, 0.717) is 0 Å². The van der Waals surface area contributed by atoms with Crippen molar-refractivity contribution >= 4 is 21.7 Å². The number of benzene rings is 2. The SMILES string of the molecule is Cc1ccc2c(-c3cc4occc4cc3C)[n+](C)ccc2c1. The van der Waals surface area contributed by atoms with Gasteiger partial charge in [-0.1, -0.05) is 17.7 Å². The number of furan rings is 1. The molecule has 22 heavy (non-hydrogen) atoms. The van der Waals surface area contributed by atoms with E-state index in [9.17, 15) is 0 Å². The molecule has 0 bridgehead atoms. The van der Waals surface area contributed by atoms with Gasteiger partial charge < -0.3 is 4.42 Å². The van der Waals surface area contributed by atoms with Gasteiger partial charge >= 0.3 is 0 Å². The van der Waals surface area contributed by atoms with Crippen molar-refractivity contribution in [2.24, 2.45) is 7.05 Å². The molecule has 2 nitrogen and oxygen atoms in total. The Kier molecular flexibility index (Phi) is 2.80. The molecular formula is C20H18NO+. The Labute approximate surface area is 129 Å². The van der Waals surface area contributed by atoms with Crippen molar-refractivity contribution < 1.29 is 8.98 Å². The maximum absolute atomic E-state index is 5.60. The molecule has 2 heterocycles. The fraction of sp³-hybridized carbons (Fsp3) is 0.150. The molecule has 108 valence electrons. The molecule has 4 aromatic rings. The molecule has 4 rings (SSSR count). The number of hydrogen-bond donors (Lipinski definition) is 0.